The molecule has 0 aliphatic heterocycles. The first kappa shape index (κ1) is 22.3. The van der Waals surface area contributed by atoms with Crippen molar-refractivity contribution in [3.8, 4) is 0 Å². The quantitative estimate of drug-likeness (QED) is 0.319. The fourth-order valence-electron chi connectivity index (χ4n) is 4.49. The smallest absolute Gasteiger partial charge is 0.309 e. The van der Waals surface area contributed by atoms with Crippen molar-refractivity contribution in [1.29, 1.82) is 0 Å². The lowest BCUT2D eigenvalue weighted by Crippen LogP contribution is -2.30. The second-order valence-corrected chi connectivity index (χ2v) is 9.07. The Balaban J connectivity index is 1.36. The van der Waals surface area contributed by atoms with Gasteiger partial charge in [-0.3, -0.25) is 9.59 Å². The molecule has 0 heterocycles. The zero-order valence-electron chi connectivity index (χ0n) is 19.2. The van der Waals surface area contributed by atoms with Crippen LogP contribution in [0.4, 0.5) is 0 Å². The van der Waals surface area contributed by atoms with E-state index >= 15 is 0 Å². The predicted molar refractivity (Wildman–Crippen MR) is 127 cm³/mol. The molecule has 0 amide bonds. The number of esters is 2. The van der Waals surface area contributed by atoms with E-state index in [1.165, 1.54) is 16.2 Å². The lowest BCUT2D eigenvalue weighted by molar-refractivity contribution is -0.159. The van der Waals surface area contributed by atoms with Crippen molar-refractivity contribution in [2.75, 3.05) is 0 Å². The summed E-state index contributed by atoms with van der Waals surface area (Å²) in [5, 5.41) is 4.80. The highest BCUT2D eigenvalue weighted by Crippen LogP contribution is 2.32. The van der Waals surface area contributed by atoms with Gasteiger partial charge in [-0.05, 0) is 72.2 Å². The fraction of sp³-hybridized carbons (Fsp3) is 0.429. The summed E-state index contributed by atoms with van der Waals surface area (Å²) in [5.74, 6) is -0.474. The molecule has 32 heavy (non-hydrogen) atoms. The number of hydrogen-bond acceptors (Lipinski definition) is 4. The Bertz CT molecular complexity index is 1110. The molecule has 168 valence electrons. The second-order valence-electron chi connectivity index (χ2n) is 9.07. The number of benzene rings is 3. The summed E-state index contributed by atoms with van der Waals surface area (Å²) in [6.07, 6.45) is 3.25. The highest BCUT2D eigenvalue weighted by molar-refractivity contribution is 6.07. The Kier molecular flexibility index (Phi) is 6.78. The number of carbonyl (C=O) groups is 2. The molecule has 0 bridgehead atoms. The van der Waals surface area contributed by atoms with E-state index in [1.807, 2.05) is 26.8 Å². The van der Waals surface area contributed by atoms with Gasteiger partial charge in [-0.15, -0.1) is 0 Å². The average Bonchev–Trinajstić information content (AvgIpc) is 2.83. The molecule has 4 nitrogen and oxygen atoms in total. The van der Waals surface area contributed by atoms with Crippen molar-refractivity contribution >= 4 is 33.5 Å². The molecule has 0 radical (unpaired) electrons. The molecule has 1 aliphatic carbocycles. The summed E-state index contributed by atoms with van der Waals surface area (Å²) in [4.78, 5) is 24.8. The van der Waals surface area contributed by atoms with Gasteiger partial charge in [-0.25, -0.2) is 0 Å². The lowest BCUT2D eigenvalue weighted by atomic mass is 9.87. The van der Waals surface area contributed by atoms with Crippen molar-refractivity contribution in [3.05, 3.63) is 60.2 Å². The Morgan fingerprint density at radius 2 is 1.59 bits per heavy atom. The van der Waals surface area contributed by atoms with Crippen molar-refractivity contribution < 1.29 is 19.1 Å². The van der Waals surface area contributed by atoms with Gasteiger partial charge in [0.25, 0.3) is 0 Å². The van der Waals surface area contributed by atoms with Gasteiger partial charge in [0.2, 0.25) is 0 Å². The van der Waals surface area contributed by atoms with Crippen molar-refractivity contribution in [1.82, 2.24) is 0 Å². The normalized spacial score (nSPS) is 20.6. The maximum Gasteiger partial charge on any atom is 0.309 e. The molecule has 0 saturated heterocycles. The van der Waals surface area contributed by atoms with E-state index in [2.05, 4.69) is 48.5 Å². The summed E-state index contributed by atoms with van der Waals surface area (Å²) in [6.45, 7) is 5.80. The largest absolute Gasteiger partial charge is 0.462 e. The molecule has 4 heteroatoms. The summed E-state index contributed by atoms with van der Waals surface area (Å²) >= 11 is 0. The first-order valence-electron chi connectivity index (χ1n) is 11.8. The standard InChI is InChI=1S/C28H32O4/c1-4-18(2)27(29)32-24-14-11-21(12-15-24)28(30)31-19(3)22-13-16-26-23(17-22)10-9-20-7-5-6-8-25(20)26/h5-10,13,16-19,21,24H,4,11-12,14-15H2,1-3H3. The van der Waals surface area contributed by atoms with Crippen LogP contribution in [0.3, 0.4) is 0 Å². The molecule has 1 fully saturated rings. The second kappa shape index (κ2) is 9.72. The van der Waals surface area contributed by atoms with Crippen LogP contribution < -0.4 is 0 Å². The molecule has 1 aliphatic rings. The van der Waals surface area contributed by atoms with Crippen LogP contribution >= 0.6 is 0 Å². The van der Waals surface area contributed by atoms with Crippen molar-refractivity contribution in [2.45, 2.75) is 65.1 Å². The molecule has 2 atom stereocenters. The Morgan fingerprint density at radius 3 is 2.34 bits per heavy atom. The average molecular weight is 433 g/mol. The number of rotatable bonds is 6. The van der Waals surface area contributed by atoms with Crippen molar-refractivity contribution in [2.24, 2.45) is 11.8 Å². The van der Waals surface area contributed by atoms with E-state index in [9.17, 15) is 9.59 Å². The van der Waals surface area contributed by atoms with Gasteiger partial charge in [-0.1, -0.05) is 62.4 Å². The minimum atomic E-state index is -0.306. The fourth-order valence-corrected chi connectivity index (χ4v) is 4.49. The lowest BCUT2D eigenvalue weighted by Gasteiger charge is -2.28. The number of ether oxygens (including phenoxy) is 2. The van der Waals surface area contributed by atoms with E-state index < -0.39 is 0 Å². The molecule has 3 aromatic carbocycles. The predicted octanol–water partition coefficient (Wildman–Crippen LogP) is 6.75. The number of carbonyl (C=O) groups excluding carboxylic acids is 2. The Hall–Kier alpha value is -2.88. The SMILES string of the molecule is CCC(C)C(=O)OC1CCC(C(=O)OC(C)c2ccc3c(ccc4ccccc43)c2)CC1. The molecule has 1 saturated carbocycles. The van der Waals surface area contributed by atoms with Crippen LogP contribution in [0.25, 0.3) is 21.5 Å². The minimum Gasteiger partial charge on any atom is -0.462 e. The summed E-state index contributed by atoms with van der Waals surface area (Å²) in [5.41, 5.74) is 0.998. The highest BCUT2D eigenvalue weighted by atomic mass is 16.5. The van der Waals surface area contributed by atoms with Gasteiger partial charge in [0.1, 0.15) is 12.2 Å². The van der Waals surface area contributed by atoms with Gasteiger partial charge < -0.3 is 9.47 Å². The molecule has 3 aromatic rings. The van der Waals surface area contributed by atoms with Crippen LogP contribution in [0.5, 0.6) is 0 Å². The minimum absolute atomic E-state index is 0.0709. The van der Waals surface area contributed by atoms with E-state index in [1.54, 1.807) is 0 Å². The third-order valence-corrected chi connectivity index (χ3v) is 6.84. The molecule has 4 rings (SSSR count). The summed E-state index contributed by atoms with van der Waals surface area (Å²) < 4.78 is 11.4. The topological polar surface area (TPSA) is 52.6 Å². The Morgan fingerprint density at radius 1 is 0.906 bits per heavy atom. The third-order valence-electron chi connectivity index (χ3n) is 6.84. The third kappa shape index (κ3) is 4.79. The van der Waals surface area contributed by atoms with Crippen LogP contribution in [0.15, 0.2) is 54.6 Å². The van der Waals surface area contributed by atoms with Crippen LogP contribution in [0.1, 0.15) is 64.5 Å². The first-order chi connectivity index (χ1) is 15.5. The molecule has 0 N–H and O–H groups in total. The monoisotopic (exact) mass is 432 g/mol. The first-order valence-corrected chi connectivity index (χ1v) is 11.8. The van der Waals surface area contributed by atoms with Crippen molar-refractivity contribution in [3.63, 3.8) is 0 Å². The maximum atomic E-state index is 12.8. The van der Waals surface area contributed by atoms with Crippen LogP contribution in [-0.4, -0.2) is 18.0 Å². The highest BCUT2D eigenvalue weighted by Gasteiger charge is 2.31. The zero-order chi connectivity index (χ0) is 22.7. The summed E-state index contributed by atoms with van der Waals surface area (Å²) in [6, 6.07) is 18.9. The molecule has 0 aromatic heterocycles. The number of hydrogen-bond donors (Lipinski definition) is 0. The van der Waals surface area contributed by atoms with Gasteiger partial charge >= 0.3 is 11.9 Å². The van der Waals surface area contributed by atoms with Gasteiger partial charge in [0.15, 0.2) is 0 Å². The van der Waals surface area contributed by atoms with Gasteiger partial charge in [0, 0.05) is 0 Å². The molecule has 2 unspecified atom stereocenters. The molecular weight excluding hydrogens is 400 g/mol. The molecule has 0 spiro atoms. The Labute approximate surface area is 189 Å². The van der Waals surface area contributed by atoms with Gasteiger partial charge in [-0.2, -0.15) is 0 Å². The van der Waals surface area contributed by atoms with E-state index in [4.69, 9.17) is 9.47 Å². The zero-order valence-corrected chi connectivity index (χ0v) is 19.2. The van der Waals surface area contributed by atoms with E-state index in [0.717, 1.165) is 30.2 Å². The van der Waals surface area contributed by atoms with E-state index in [0.29, 0.717) is 12.8 Å². The van der Waals surface area contributed by atoms with Crippen LogP contribution in [0, 0.1) is 11.8 Å². The molecular formula is C28H32O4. The maximum absolute atomic E-state index is 12.8. The van der Waals surface area contributed by atoms with E-state index in [-0.39, 0.29) is 36.0 Å². The van der Waals surface area contributed by atoms with Gasteiger partial charge in [0.05, 0.1) is 11.8 Å². The van der Waals surface area contributed by atoms with Crippen LogP contribution in [-0.2, 0) is 19.1 Å². The van der Waals surface area contributed by atoms with Crippen LogP contribution in [0.2, 0.25) is 0 Å². The number of fused-ring (bicyclic) bond motifs is 3. The summed E-state index contributed by atoms with van der Waals surface area (Å²) in [7, 11) is 0.